The number of sulfonamides is 1. The number of rotatable bonds is 7. The summed E-state index contributed by atoms with van der Waals surface area (Å²) in [6.07, 6.45) is 0. The zero-order valence-electron chi connectivity index (χ0n) is 14.6. The normalized spacial score (nSPS) is 12.1. The first-order valence-electron chi connectivity index (χ1n) is 7.74. The van der Waals surface area contributed by atoms with Crippen LogP contribution in [0, 0.1) is 6.92 Å². The van der Waals surface area contributed by atoms with E-state index in [1.807, 2.05) is 6.92 Å². The summed E-state index contributed by atoms with van der Waals surface area (Å²) in [5, 5.41) is 0. The Morgan fingerprint density at radius 2 is 1.85 bits per heavy atom. The molecule has 0 saturated carbocycles. The average Bonchev–Trinajstić information content (AvgIpc) is 2.61. The molecule has 0 fully saturated rings. The Hall–Kier alpha value is -2.80. The molecule has 7 nitrogen and oxygen atoms in total. The van der Waals surface area contributed by atoms with Gasteiger partial charge in [0.1, 0.15) is 5.75 Å². The SMILES string of the molecule is COc1cccc(C(NS(=O)(=O)c2ccc(C)cc2)C(=[N+]=[N-])C(C)=O)c1. The topological polar surface area (TPSA) is 109 Å². The molecule has 26 heavy (non-hydrogen) atoms. The molecule has 8 heteroatoms. The van der Waals surface area contributed by atoms with Crippen LogP contribution in [0.25, 0.3) is 5.53 Å². The monoisotopic (exact) mass is 373 g/mol. The molecule has 0 spiro atoms. The highest BCUT2D eigenvalue weighted by molar-refractivity contribution is 7.89. The molecule has 1 atom stereocenters. The first kappa shape index (κ1) is 19.5. The number of nitrogens with one attached hydrogen (secondary N) is 1. The summed E-state index contributed by atoms with van der Waals surface area (Å²) >= 11 is 0. The van der Waals surface area contributed by atoms with Crippen LogP contribution in [0.4, 0.5) is 0 Å². The maximum Gasteiger partial charge on any atom is 0.356 e. The van der Waals surface area contributed by atoms with Crippen molar-refractivity contribution in [3.8, 4) is 5.75 Å². The Bertz CT molecular complexity index is 962. The van der Waals surface area contributed by atoms with E-state index in [1.54, 1.807) is 36.4 Å². The lowest BCUT2D eigenvalue weighted by Gasteiger charge is -2.16. The second-order valence-corrected chi connectivity index (χ2v) is 7.40. The van der Waals surface area contributed by atoms with Gasteiger partial charge in [0.25, 0.3) is 0 Å². The molecule has 2 aromatic carbocycles. The van der Waals surface area contributed by atoms with E-state index in [9.17, 15) is 18.7 Å². The number of carbonyl (C=O) groups excluding carboxylic acids is 1. The van der Waals surface area contributed by atoms with Crippen molar-refractivity contribution >= 4 is 21.5 Å². The molecule has 0 aromatic heterocycles. The lowest BCUT2D eigenvalue weighted by molar-refractivity contribution is -0.115. The van der Waals surface area contributed by atoms with Gasteiger partial charge in [-0.3, -0.25) is 4.79 Å². The van der Waals surface area contributed by atoms with E-state index in [2.05, 4.69) is 9.51 Å². The number of hydrogen-bond acceptors (Lipinski definition) is 4. The van der Waals surface area contributed by atoms with Crippen LogP contribution in [0.5, 0.6) is 5.75 Å². The molecule has 0 saturated heterocycles. The first-order valence-corrected chi connectivity index (χ1v) is 9.22. The number of aryl methyl sites for hydroxylation is 1. The van der Waals surface area contributed by atoms with Crippen LogP contribution in [0.2, 0.25) is 0 Å². The molecule has 1 unspecified atom stereocenters. The number of ketones is 1. The third-order valence-electron chi connectivity index (χ3n) is 3.77. The molecule has 0 aliphatic heterocycles. The smallest absolute Gasteiger partial charge is 0.356 e. The van der Waals surface area contributed by atoms with Gasteiger partial charge in [0, 0.05) is 6.92 Å². The minimum absolute atomic E-state index is 0.0387. The third-order valence-corrected chi connectivity index (χ3v) is 5.21. The fourth-order valence-electron chi connectivity index (χ4n) is 2.37. The van der Waals surface area contributed by atoms with Crippen molar-refractivity contribution in [3.63, 3.8) is 0 Å². The summed E-state index contributed by atoms with van der Waals surface area (Å²) in [6.45, 7) is 3.04. The predicted molar refractivity (Wildman–Crippen MR) is 96.5 cm³/mol. The zero-order chi connectivity index (χ0) is 19.3. The standard InChI is InChI=1S/C18H19N3O4S/c1-12-7-9-16(10-8-12)26(23,24)21-18(17(20-19)13(2)22)14-5-4-6-15(11-14)25-3/h4-11,18,21H,1-3H3. The van der Waals surface area contributed by atoms with Crippen molar-refractivity contribution in [1.82, 2.24) is 4.72 Å². The van der Waals surface area contributed by atoms with Crippen molar-refractivity contribution in [2.24, 2.45) is 0 Å². The van der Waals surface area contributed by atoms with Crippen LogP contribution in [-0.2, 0) is 14.8 Å². The van der Waals surface area contributed by atoms with Crippen LogP contribution < -0.4 is 9.46 Å². The Kier molecular flexibility index (Phi) is 6.05. The van der Waals surface area contributed by atoms with Crippen LogP contribution in [-0.4, -0.2) is 31.8 Å². The quantitative estimate of drug-likeness (QED) is 0.456. The van der Waals surface area contributed by atoms with Gasteiger partial charge in [-0.15, -0.1) is 0 Å². The van der Waals surface area contributed by atoms with E-state index in [-0.39, 0.29) is 10.6 Å². The lowest BCUT2D eigenvalue weighted by atomic mass is 10.0. The zero-order valence-corrected chi connectivity index (χ0v) is 15.4. The number of hydrogen-bond donors (Lipinski definition) is 1. The Morgan fingerprint density at radius 3 is 2.38 bits per heavy atom. The second kappa shape index (κ2) is 8.05. The van der Waals surface area contributed by atoms with Gasteiger partial charge in [0.05, 0.1) is 12.0 Å². The summed E-state index contributed by atoms with van der Waals surface area (Å²) < 4.78 is 33.0. The van der Waals surface area contributed by atoms with E-state index in [4.69, 9.17) is 4.74 Å². The van der Waals surface area contributed by atoms with E-state index < -0.39 is 21.8 Å². The van der Waals surface area contributed by atoms with Gasteiger partial charge in [-0.25, -0.2) is 8.42 Å². The van der Waals surface area contributed by atoms with Gasteiger partial charge in [-0.2, -0.15) is 9.51 Å². The number of methoxy groups -OCH3 is 1. The molecule has 2 aromatic rings. The average molecular weight is 373 g/mol. The number of Topliss-reactive ketones (excluding diaryl/α,β-unsaturated/α-hetero) is 1. The number of ether oxygens (including phenoxy) is 1. The summed E-state index contributed by atoms with van der Waals surface area (Å²) in [4.78, 5) is 14.9. The molecule has 136 valence electrons. The maximum atomic E-state index is 12.7. The fraction of sp³-hybridized carbons (Fsp3) is 0.222. The molecular formula is C18H19N3O4S. The Morgan fingerprint density at radius 1 is 1.19 bits per heavy atom. The van der Waals surface area contributed by atoms with Gasteiger partial charge in [-0.05, 0) is 36.8 Å². The highest BCUT2D eigenvalue weighted by atomic mass is 32.2. The van der Waals surface area contributed by atoms with Crippen LogP contribution >= 0.6 is 0 Å². The minimum Gasteiger partial charge on any atom is -0.497 e. The lowest BCUT2D eigenvalue weighted by Crippen LogP contribution is -2.37. The molecule has 0 bridgehead atoms. The molecule has 2 rings (SSSR count). The van der Waals surface area contributed by atoms with Crippen molar-refractivity contribution in [1.29, 1.82) is 0 Å². The van der Waals surface area contributed by atoms with Gasteiger partial charge in [0.15, 0.2) is 6.04 Å². The van der Waals surface area contributed by atoms with Crippen LogP contribution in [0.15, 0.2) is 53.4 Å². The fourth-order valence-corrected chi connectivity index (χ4v) is 3.56. The van der Waals surface area contributed by atoms with Gasteiger partial charge in [-0.1, -0.05) is 29.8 Å². The Balaban J connectivity index is 2.52. The molecule has 0 heterocycles. The predicted octanol–water partition coefficient (Wildman–Crippen LogP) is 2.28. The maximum absolute atomic E-state index is 12.7. The first-order chi connectivity index (χ1) is 12.3. The van der Waals surface area contributed by atoms with Crippen LogP contribution in [0.1, 0.15) is 24.1 Å². The Labute approximate surface area is 152 Å². The van der Waals surface area contributed by atoms with E-state index in [1.165, 1.54) is 26.2 Å². The summed E-state index contributed by atoms with van der Waals surface area (Å²) in [6, 6.07) is 11.6. The van der Waals surface area contributed by atoms with Crippen molar-refractivity contribution in [2.75, 3.05) is 7.11 Å². The van der Waals surface area contributed by atoms with E-state index in [0.29, 0.717) is 11.3 Å². The van der Waals surface area contributed by atoms with Crippen molar-refractivity contribution < 1.29 is 22.7 Å². The largest absolute Gasteiger partial charge is 0.497 e. The third kappa shape index (κ3) is 4.43. The molecule has 0 amide bonds. The van der Waals surface area contributed by atoms with Gasteiger partial charge in [0.2, 0.25) is 15.8 Å². The number of carbonyl (C=O) groups is 1. The van der Waals surface area contributed by atoms with Gasteiger partial charge < -0.3 is 10.3 Å². The molecule has 0 aliphatic carbocycles. The number of benzene rings is 2. The highest BCUT2D eigenvalue weighted by Gasteiger charge is 2.34. The molecular weight excluding hydrogens is 354 g/mol. The van der Waals surface area contributed by atoms with Crippen molar-refractivity contribution in [3.05, 3.63) is 65.2 Å². The summed E-state index contributed by atoms with van der Waals surface area (Å²) in [5.41, 5.74) is 10.3. The van der Waals surface area contributed by atoms with E-state index in [0.717, 1.165) is 5.56 Å². The van der Waals surface area contributed by atoms with E-state index >= 15 is 0 Å². The number of nitrogens with zero attached hydrogens (tertiary/aromatic N) is 2. The summed E-state index contributed by atoms with van der Waals surface area (Å²) in [7, 11) is -2.50. The highest BCUT2D eigenvalue weighted by Crippen LogP contribution is 2.23. The molecule has 0 aliphatic rings. The molecule has 0 radical (unpaired) electrons. The van der Waals surface area contributed by atoms with Crippen molar-refractivity contribution in [2.45, 2.75) is 24.8 Å². The minimum atomic E-state index is -3.97. The molecule has 1 N–H and O–H groups in total. The van der Waals surface area contributed by atoms with Gasteiger partial charge >= 0.3 is 5.71 Å². The van der Waals surface area contributed by atoms with Crippen LogP contribution in [0.3, 0.4) is 0 Å². The summed E-state index contributed by atoms with van der Waals surface area (Å²) in [5.74, 6) is -0.0881. The second-order valence-electron chi connectivity index (χ2n) is 5.69.